The minimum Gasteiger partial charge on any atom is -0.478 e. The van der Waals surface area contributed by atoms with Crippen molar-refractivity contribution in [3.8, 4) is 5.75 Å². The van der Waals surface area contributed by atoms with Crippen LogP contribution in [-0.4, -0.2) is 17.0 Å². The number of rotatable bonds is 4. The highest BCUT2D eigenvalue weighted by Gasteiger charge is 2.51. The van der Waals surface area contributed by atoms with Gasteiger partial charge in [0.25, 0.3) is 0 Å². The summed E-state index contributed by atoms with van der Waals surface area (Å²) < 4.78 is 5.48. The zero-order chi connectivity index (χ0) is 19.3. The fraction of sp³-hybridized carbons (Fsp3) is 0.417. The maximum absolute atomic E-state index is 12.7. The van der Waals surface area contributed by atoms with Gasteiger partial charge in [-0.1, -0.05) is 12.1 Å². The van der Waals surface area contributed by atoms with Gasteiger partial charge in [-0.15, -0.1) is 0 Å². The topological polar surface area (TPSA) is 63.6 Å². The molecule has 2 aromatic rings. The van der Waals surface area contributed by atoms with E-state index in [0.29, 0.717) is 11.3 Å². The standard InChI is InChI=1S/C24H24O4/c25-22(26)18-4-6-21(7-5-18)28-23(27)19-2-1-3-20(11-19)24-12-15-8-16(13-24)10-17(9-15)14-24/h1-7,11,15-17H,8-10,12-14H2,(H,25,26). The van der Waals surface area contributed by atoms with E-state index >= 15 is 0 Å². The molecule has 4 nitrogen and oxygen atoms in total. The third-order valence-corrected chi connectivity index (χ3v) is 7.06. The number of ether oxygens (including phenoxy) is 1. The Morgan fingerprint density at radius 3 is 2.04 bits per heavy atom. The summed E-state index contributed by atoms with van der Waals surface area (Å²) in [6, 6.07) is 13.9. The van der Waals surface area contributed by atoms with Gasteiger partial charge >= 0.3 is 11.9 Å². The van der Waals surface area contributed by atoms with Crippen LogP contribution in [0, 0.1) is 17.8 Å². The van der Waals surface area contributed by atoms with E-state index in [9.17, 15) is 9.59 Å². The van der Waals surface area contributed by atoms with Gasteiger partial charge in [0, 0.05) is 0 Å². The van der Waals surface area contributed by atoms with E-state index in [1.807, 2.05) is 12.1 Å². The SMILES string of the molecule is O=C(O)c1ccc(OC(=O)c2cccc(C34CC5CC(CC(C5)C3)C4)c2)cc1. The number of carboxylic acids is 1. The van der Waals surface area contributed by atoms with E-state index in [4.69, 9.17) is 9.84 Å². The lowest BCUT2D eigenvalue weighted by Crippen LogP contribution is -2.48. The predicted octanol–water partition coefficient (Wildman–Crippen LogP) is 5.07. The molecule has 4 fully saturated rings. The van der Waals surface area contributed by atoms with Gasteiger partial charge < -0.3 is 9.84 Å². The molecule has 0 amide bonds. The summed E-state index contributed by atoms with van der Waals surface area (Å²) in [6.45, 7) is 0. The molecule has 144 valence electrons. The number of carboxylic acid groups (broad SMARTS) is 1. The van der Waals surface area contributed by atoms with E-state index in [2.05, 4.69) is 6.07 Å². The normalized spacial score (nSPS) is 30.2. The molecule has 4 aliphatic rings. The number of hydrogen-bond acceptors (Lipinski definition) is 3. The lowest BCUT2D eigenvalue weighted by Gasteiger charge is -2.57. The first kappa shape index (κ1) is 17.5. The van der Waals surface area contributed by atoms with Gasteiger partial charge in [0.05, 0.1) is 11.1 Å². The Balaban J connectivity index is 1.37. The van der Waals surface area contributed by atoms with E-state index in [1.54, 1.807) is 6.07 Å². The number of aromatic carboxylic acids is 1. The van der Waals surface area contributed by atoms with Crippen molar-refractivity contribution in [1.29, 1.82) is 0 Å². The lowest BCUT2D eigenvalue weighted by molar-refractivity contribution is -0.00521. The van der Waals surface area contributed by atoms with Crippen molar-refractivity contribution >= 4 is 11.9 Å². The Bertz CT molecular complexity index is 893. The zero-order valence-corrected chi connectivity index (χ0v) is 15.8. The largest absolute Gasteiger partial charge is 0.478 e. The van der Waals surface area contributed by atoms with E-state index < -0.39 is 11.9 Å². The molecule has 1 N–H and O–H groups in total. The summed E-state index contributed by atoms with van der Waals surface area (Å²) in [6.07, 6.45) is 7.96. The highest BCUT2D eigenvalue weighted by Crippen LogP contribution is 2.60. The fourth-order valence-corrected chi connectivity index (χ4v) is 6.27. The van der Waals surface area contributed by atoms with Gasteiger partial charge in [-0.3, -0.25) is 0 Å². The average molecular weight is 376 g/mol. The molecule has 28 heavy (non-hydrogen) atoms. The number of hydrogen-bond donors (Lipinski definition) is 1. The maximum Gasteiger partial charge on any atom is 0.343 e. The van der Waals surface area contributed by atoms with Crippen LogP contribution in [0.3, 0.4) is 0 Å². The monoisotopic (exact) mass is 376 g/mol. The molecule has 0 aromatic heterocycles. The molecule has 6 rings (SSSR count). The quantitative estimate of drug-likeness (QED) is 0.598. The average Bonchev–Trinajstić information content (AvgIpc) is 2.67. The van der Waals surface area contributed by atoms with Crippen molar-refractivity contribution < 1.29 is 19.4 Å². The van der Waals surface area contributed by atoms with Crippen LogP contribution in [-0.2, 0) is 5.41 Å². The Hall–Kier alpha value is -2.62. The summed E-state index contributed by atoms with van der Waals surface area (Å²) in [5.74, 6) is 1.53. The molecule has 4 aliphatic carbocycles. The molecule has 4 heteroatoms. The van der Waals surface area contributed by atoms with Gasteiger partial charge in [-0.05, 0) is 104 Å². The number of carbonyl (C=O) groups excluding carboxylic acids is 1. The fourth-order valence-electron chi connectivity index (χ4n) is 6.27. The van der Waals surface area contributed by atoms with Crippen LogP contribution in [0.1, 0.15) is 64.8 Å². The first-order valence-electron chi connectivity index (χ1n) is 10.2. The van der Waals surface area contributed by atoms with Gasteiger partial charge in [-0.2, -0.15) is 0 Å². The Morgan fingerprint density at radius 1 is 0.857 bits per heavy atom. The molecule has 0 saturated heterocycles. The summed E-state index contributed by atoms with van der Waals surface area (Å²) in [5.41, 5.74) is 2.27. The molecule has 0 aliphatic heterocycles. The maximum atomic E-state index is 12.7. The van der Waals surface area contributed by atoms with E-state index in [-0.39, 0.29) is 11.0 Å². The second-order valence-electron chi connectivity index (χ2n) is 9.00. The minimum atomic E-state index is -0.999. The van der Waals surface area contributed by atoms with Crippen LogP contribution >= 0.6 is 0 Å². The highest BCUT2D eigenvalue weighted by atomic mass is 16.5. The summed E-state index contributed by atoms with van der Waals surface area (Å²) >= 11 is 0. The molecule has 0 unspecified atom stereocenters. The second kappa shape index (κ2) is 6.47. The van der Waals surface area contributed by atoms with Gasteiger partial charge in [0.1, 0.15) is 5.75 Å². The smallest absolute Gasteiger partial charge is 0.343 e. The van der Waals surface area contributed by atoms with Crippen molar-refractivity contribution in [2.24, 2.45) is 17.8 Å². The highest BCUT2D eigenvalue weighted by molar-refractivity contribution is 5.91. The Kier molecular flexibility index (Phi) is 4.04. The van der Waals surface area contributed by atoms with Crippen LogP contribution in [0.5, 0.6) is 5.75 Å². The number of esters is 1. The minimum absolute atomic E-state index is 0.170. The summed E-state index contributed by atoms with van der Waals surface area (Å²) in [7, 11) is 0. The van der Waals surface area contributed by atoms with Gasteiger partial charge in [0.2, 0.25) is 0 Å². The van der Waals surface area contributed by atoms with Crippen molar-refractivity contribution in [2.75, 3.05) is 0 Å². The lowest BCUT2D eigenvalue weighted by atomic mass is 9.48. The first-order chi connectivity index (χ1) is 13.5. The molecule has 0 radical (unpaired) electrons. The van der Waals surface area contributed by atoms with Crippen molar-refractivity contribution in [2.45, 2.75) is 43.9 Å². The third-order valence-electron chi connectivity index (χ3n) is 7.06. The molecule has 4 saturated carbocycles. The molecular weight excluding hydrogens is 352 g/mol. The van der Waals surface area contributed by atoms with Gasteiger partial charge in [-0.25, -0.2) is 9.59 Å². The summed E-state index contributed by atoms with van der Waals surface area (Å²) in [5, 5.41) is 8.97. The first-order valence-corrected chi connectivity index (χ1v) is 10.2. The van der Waals surface area contributed by atoms with E-state index in [0.717, 1.165) is 17.8 Å². The molecule has 0 spiro atoms. The number of carbonyl (C=O) groups is 2. The van der Waals surface area contributed by atoms with Crippen LogP contribution in [0.15, 0.2) is 48.5 Å². The Labute approximate surface area is 164 Å². The van der Waals surface area contributed by atoms with Crippen molar-refractivity contribution in [3.05, 3.63) is 65.2 Å². The van der Waals surface area contributed by atoms with Gasteiger partial charge in [0.15, 0.2) is 0 Å². The molecule has 2 aromatic carbocycles. The second-order valence-corrected chi connectivity index (χ2v) is 9.00. The van der Waals surface area contributed by atoms with Crippen LogP contribution in [0.25, 0.3) is 0 Å². The number of benzene rings is 2. The predicted molar refractivity (Wildman–Crippen MR) is 105 cm³/mol. The van der Waals surface area contributed by atoms with Crippen LogP contribution in [0.4, 0.5) is 0 Å². The zero-order valence-electron chi connectivity index (χ0n) is 15.8. The van der Waals surface area contributed by atoms with Crippen LogP contribution < -0.4 is 4.74 Å². The molecule has 4 bridgehead atoms. The van der Waals surface area contributed by atoms with E-state index in [1.165, 1.54) is 68.4 Å². The molecule has 0 heterocycles. The third kappa shape index (κ3) is 3.01. The van der Waals surface area contributed by atoms with Crippen LogP contribution in [0.2, 0.25) is 0 Å². The molecule has 0 atom stereocenters. The van der Waals surface area contributed by atoms with Crippen molar-refractivity contribution in [3.63, 3.8) is 0 Å². The molecular formula is C24H24O4. The Morgan fingerprint density at radius 2 is 1.46 bits per heavy atom. The van der Waals surface area contributed by atoms with Crippen molar-refractivity contribution in [1.82, 2.24) is 0 Å². The summed E-state index contributed by atoms with van der Waals surface area (Å²) in [4.78, 5) is 23.6.